The molecule has 0 radical (unpaired) electrons. The van der Waals surface area contributed by atoms with Crippen molar-refractivity contribution in [1.29, 1.82) is 0 Å². The lowest BCUT2D eigenvalue weighted by Crippen LogP contribution is -2.22. The predicted molar refractivity (Wildman–Crippen MR) is 90.4 cm³/mol. The van der Waals surface area contributed by atoms with E-state index >= 15 is 0 Å². The quantitative estimate of drug-likeness (QED) is 0.600. The van der Waals surface area contributed by atoms with Crippen molar-refractivity contribution in [3.8, 4) is 11.5 Å². The number of rotatable bonds is 7. The maximum absolute atomic E-state index is 11.5. The molecule has 0 aliphatic carbocycles. The van der Waals surface area contributed by atoms with Gasteiger partial charge in [0, 0.05) is 5.56 Å². The van der Waals surface area contributed by atoms with Gasteiger partial charge in [0.2, 0.25) is 0 Å². The van der Waals surface area contributed by atoms with Crippen LogP contribution >= 0.6 is 0 Å². The molecule has 0 aromatic heterocycles. The highest BCUT2D eigenvalue weighted by Gasteiger charge is 1.99. The molecule has 0 saturated heterocycles. The molecule has 2 aromatic carbocycles. The number of ether oxygens (including phenoxy) is 1. The second-order valence-electron chi connectivity index (χ2n) is 4.63. The molecule has 0 bridgehead atoms. The van der Waals surface area contributed by atoms with E-state index in [-0.39, 0.29) is 12.4 Å². The number of nitrogens with zero attached hydrogens (tertiary/aromatic N) is 2. The van der Waals surface area contributed by atoms with Crippen LogP contribution in [0.1, 0.15) is 11.1 Å². The molecule has 2 rings (SSSR count). The van der Waals surface area contributed by atoms with E-state index < -0.39 is 5.91 Å². The number of oxime groups is 1. The second kappa shape index (κ2) is 8.94. The van der Waals surface area contributed by atoms with E-state index in [1.807, 2.05) is 12.1 Å². The van der Waals surface area contributed by atoms with Gasteiger partial charge in [-0.1, -0.05) is 17.3 Å². The lowest BCUT2D eigenvalue weighted by molar-refractivity contribution is -0.125. The van der Waals surface area contributed by atoms with E-state index in [0.29, 0.717) is 5.56 Å². The predicted octanol–water partition coefficient (Wildman–Crippen LogP) is 1.90. The van der Waals surface area contributed by atoms with Gasteiger partial charge in [0.1, 0.15) is 11.5 Å². The first kappa shape index (κ1) is 17.0. The minimum Gasteiger partial charge on any atom is -0.507 e. The summed E-state index contributed by atoms with van der Waals surface area (Å²) >= 11 is 0. The first-order valence-corrected chi connectivity index (χ1v) is 7.08. The zero-order chi connectivity index (χ0) is 17.2. The molecule has 0 fully saturated rings. The highest BCUT2D eigenvalue weighted by Crippen LogP contribution is 2.12. The van der Waals surface area contributed by atoms with Gasteiger partial charge in [0.05, 0.1) is 19.5 Å². The summed E-state index contributed by atoms with van der Waals surface area (Å²) in [6.07, 6.45) is 2.83. The van der Waals surface area contributed by atoms with E-state index in [4.69, 9.17) is 9.57 Å². The smallest absolute Gasteiger partial charge is 0.280 e. The molecule has 7 heteroatoms. The van der Waals surface area contributed by atoms with Crippen molar-refractivity contribution in [2.24, 2.45) is 10.3 Å². The Labute approximate surface area is 139 Å². The number of hydrogen-bond donors (Lipinski definition) is 2. The molecule has 124 valence electrons. The largest absolute Gasteiger partial charge is 0.507 e. The van der Waals surface area contributed by atoms with Gasteiger partial charge in [-0.3, -0.25) is 4.79 Å². The third-order valence-corrected chi connectivity index (χ3v) is 2.92. The summed E-state index contributed by atoms with van der Waals surface area (Å²) in [5, 5.41) is 17.0. The molecule has 0 aliphatic heterocycles. The van der Waals surface area contributed by atoms with E-state index in [9.17, 15) is 9.90 Å². The van der Waals surface area contributed by atoms with Gasteiger partial charge >= 0.3 is 0 Å². The van der Waals surface area contributed by atoms with Gasteiger partial charge in [-0.05, 0) is 42.0 Å². The molecular weight excluding hydrogens is 310 g/mol. The Bertz CT molecular complexity index is 727. The maximum Gasteiger partial charge on any atom is 0.280 e. The Balaban J connectivity index is 1.73. The van der Waals surface area contributed by atoms with E-state index in [2.05, 4.69) is 15.7 Å². The maximum atomic E-state index is 11.5. The molecule has 0 aliphatic rings. The Morgan fingerprint density at radius 1 is 1.17 bits per heavy atom. The van der Waals surface area contributed by atoms with E-state index in [0.717, 1.165) is 11.3 Å². The van der Waals surface area contributed by atoms with Gasteiger partial charge in [0.25, 0.3) is 5.91 Å². The van der Waals surface area contributed by atoms with Crippen molar-refractivity contribution in [3.63, 3.8) is 0 Å². The summed E-state index contributed by atoms with van der Waals surface area (Å²) in [6, 6.07) is 13.8. The highest BCUT2D eigenvalue weighted by atomic mass is 16.6. The molecule has 7 nitrogen and oxygen atoms in total. The van der Waals surface area contributed by atoms with Crippen LogP contribution in [0.5, 0.6) is 11.5 Å². The minimum absolute atomic E-state index is 0.0795. The van der Waals surface area contributed by atoms with Crippen LogP contribution in [0.2, 0.25) is 0 Å². The zero-order valence-electron chi connectivity index (χ0n) is 13.0. The number of hydrogen-bond acceptors (Lipinski definition) is 6. The summed E-state index contributed by atoms with van der Waals surface area (Å²) in [6.45, 7) is -0.273. The number of hydrazone groups is 1. The molecule has 24 heavy (non-hydrogen) atoms. The number of carbonyl (C=O) groups is 1. The fourth-order valence-corrected chi connectivity index (χ4v) is 1.69. The second-order valence-corrected chi connectivity index (χ2v) is 4.63. The number of benzene rings is 2. The molecule has 2 N–H and O–H groups in total. The number of carbonyl (C=O) groups excluding carboxylic acids is 1. The zero-order valence-corrected chi connectivity index (χ0v) is 13.0. The van der Waals surface area contributed by atoms with Crippen molar-refractivity contribution in [1.82, 2.24) is 5.43 Å². The fourth-order valence-electron chi connectivity index (χ4n) is 1.69. The number of aromatic hydroxyl groups is 1. The van der Waals surface area contributed by atoms with Crippen LogP contribution in [0.3, 0.4) is 0 Å². The Morgan fingerprint density at radius 3 is 2.62 bits per heavy atom. The van der Waals surface area contributed by atoms with Crippen LogP contribution in [0, 0.1) is 0 Å². The summed E-state index contributed by atoms with van der Waals surface area (Å²) in [4.78, 5) is 16.4. The van der Waals surface area contributed by atoms with Crippen molar-refractivity contribution >= 4 is 18.3 Å². The lowest BCUT2D eigenvalue weighted by atomic mass is 10.2. The summed E-state index contributed by atoms with van der Waals surface area (Å²) < 4.78 is 5.05. The van der Waals surface area contributed by atoms with E-state index in [1.54, 1.807) is 37.4 Å². The van der Waals surface area contributed by atoms with Crippen molar-refractivity contribution in [3.05, 3.63) is 59.7 Å². The average molecular weight is 327 g/mol. The van der Waals surface area contributed by atoms with E-state index in [1.165, 1.54) is 18.5 Å². The number of methoxy groups -OCH3 is 1. The van der Waals surface area contributed by atoms with Crippen molar-refractivity contribution in [2.75, 3.05) is 13.7 Å². The minimum atomic E-state index is -0.464. The van der Waals surface area contributed by atoms with Crippen LogP contribution in [-0.2, 0) is 9.63 Å². The van der Waals surface area contributed by atoms with Gasteiger partial charge in [-0.2, -0.15) is 5.10 Å². The molecule has 0 heterocycles. The molecule has 0 atom stereocenters. The number of phenolic OH excluding ortho intramolecular Hbond substituents is 1. The van der Waals surface area contributed by atoms with Crippen molar-refractivity contribution < 1.29 is 19.5 Å². The number of para-hydroxylation sites is 1. The van der Waals surface area contributed by atoms with Crippen LogP contribution in [0.15, 0.2) is 58.8 Å². The SMILES string of the molecule is COc1ccc(/C=N/OCC(=O)N/N=C\c2ccccc2O)cc1. The summed E-state index contributed by atoms with van der Waals surface area (Å²) in [5.41, 5.74) is 3.59. The standard InChI is InChI=1S/C17H17N3O4/c1-23-15-8-6-13(7-9-15)10-19-24-12-17(22)20-18-11-14-4-2-3-5-16(14)21/h2-11,21H,12H2,1H3,(H,20,22)/b18-11-,19-10+. The third kappa shape index (κ3) is 5.45. The van der Waals surface area contributed by atoms with Gasteiger partial charge in [0.15, 0.2) is 6.61 Å². The van der Waals surface area contributed by atoms with Gasteiger partial charge in [-0.15, -0.1) is 0 Å². The van der Waals surface area contributed by atoms with Gasteiger partial charge in [-0.25, -0.2) is 5.43 Å². The number of nitrogens with one attached hydrogen (secondary N) is 1. The lowest BCUT2D eigenvalue weighted by Gasteiger charge is -2.00. The van der Waals surface area contributed by atoms with Crippen LogP contribution in [-0.4, -0.2) is 37.2 Å². The molecule has 0 unspecified atom stereocenters. The highest BCUT2D eigenvalue weighted by molar-refractivity contribution is 5.85. The molecule has 0 spiro atoms. The van der Waals surface area contributed by atoms with Crippen molar-refractivity contribution in [2.45, 2.75) is 0 Å². The molecule has 0 saturated carbocycles. The van der Waals surface area contributed by atoms with Crippen LogP contribution in [0.4, 0.5) is 0 Å². The molecular formula is C17H17N3O4. The normalized spacial score (nSPS) is 10.9. The van der Waals surface area contributed by atoms with Gasteiger partial charge < -0.3 is 14.7 Å². The Kier molecular flexibility index (Phi) is 6.34. The number of amides is 1. The topological polar surface area (TPSA) is 92.5 Å². The Hall–Kier alpha value is -3.35. The van der Waals surface area contributed by atoms with Crippen LogP contribution in [0.25, 0.3) is 0 Å². The van der Waals surface area contributed by atoms with Crippen LogP contribution < -0.4 is 10.2 Å². The first-order chi connectivity index (χ1) is 11.7. The third-order valence-electron chi connectivity index (χ3n) is 2.92. The molecule has 2 aromatic rings. The molecule has 1 amide bonds. The summed E-state index contributed by atoms with van der Waals surface area (Å²) in [7, 11) is 1.59. The monoisotopic (exact) mass is 327 g/mol. The number of phenols is 1. The average Bonchev–Trinajstić information content (AvgIpc) is 2.61. The summed E-state index contributed by atoms with van der Waals surface area (Å²) in [5.74, 6) is 0.360. The Morgan fingerprint density at radius 2 is 1.92 bits per heavy atom. The fraction of sp³-hybridized carbons (Fsp3) is 0.118. The first-order valence-electron chi connectivity index (χ1n) is 7.08.